The Morgan fingerprint density at radius 2 is 1.28 bits per heavy atom. The Morgan fingerprint density at radius 3 is 1.66 bits per heavy atom. The van der Waals surface area contributed by atoms with E-state index in [0.717, 1.165) is 17.0 Å². The average Bonchev–Trinajstić information content (AvgIpc) is 3.26. The molecule has 2 bridgehead atoms. The second-order valence-electron chi connectivity index (χ2n) is 8.13. The number of benzene rings is 2. The van der Waals surface area contributed by atoms with Gasteiger partial charge in [0.25, 0.3) is 0 Å². The molecule has 0 spiro atoms. The number of hydrogen-bond donors (Lipinski definition) is 0. The first-order chi connectivity index (χ1) is 13.9. The summed E-state index contributed by atoms with van der Waals surface area (Å²) in [6.45, 7) is 5.16. The molecule has 0 aliphatic heterocycles. The number of hydrogen-bond acceptors (Lipinski definition) is 4. The van der Waals surface area contributed by atoms with E-state index in [1.807, 2.05) is 48.5 Å². The third kappa shape index (κ3) is 3.98. The summed E-state index contributed by atoms with van der Waals surface area (Å²) in [4.78, 5) is 22.5. The van der Waals surface area contributed by atoms with E-state index in [-0.39, 0.29) is 11.9 Å². The number of carbonyl (C=O) groups excluding carboxylic acids is 2. The molecule has 0 radical (unpaired) electrons. The Bertz CT molecular complexity index is 888. The van der Waals surface area contributed by atoms with Crippen LogP contribution in [0.25, 0.3) is 5.57 Å². The molecule has 2 fully saturated rings. The first-order valence-corrected chi connectivity index (χ1v) is 10.2. The first-order valence-electron chi connectivity index (χ1n) is 10.2. The zero-order chi connectivity index (χ0) is 20.5. The maximum atomic E-state index is 11.2. The third-order valence-corrected chi connectivity index (χ3v) is 6.21. The van der Waals surface area contributed by atoms with E-state index in [2.05, 4.69) is 6.92 Å². The highest BCUT2D eigenvalue weighted by atomic mass is 16.5. The van der Waals surface area contributed by atoms with Crippen molar-refractivity contribution in [1.82, 2.24) is 0 Å². The highest BCUT2D eigenvalue weighted by Gasteiger charge is 2.42. The lowest BCUT2D eigenvalue weighted by molar-refractivity contribution is -0.132. The molecule has 2 aromatic rings. The van der Waals surface area contributed by atoms with Crippen LogP contribution in [0.4, 0.5) is 0 Å². The minimum absolute atomic E-state index is 0.320. The fourth-order valence-corrected chi connectivity index (χ4v) is 5.02. The summed E-state index contributed by atoms with van der Waals surface area (Å²) in [5.41, 5.74) is 5.03. The van der Waals surface area contributed by atoms with Gasteiger partial charge in [-0.25, -0.2) is 0 Å². The van der Waals surface area contributed by atoms with E-state index in [0.29, 0.717) is 23.3 Å². The molecule has 0 aromatic heterocycles. The van der Waals surface area contributed by atoms with Gasteiger partial charge in [0.1, 0.15) is 11.5 Å². The number of esters is 2. The van der Waals surface area contributed by atoms with Crippen molar-refractivity contribution < 1.29 is 19.1 Å². The number of fused-ring (bicyclic) bond motifs is 2. The fraction of sp³-hybridized carbons (Fsp3) is 0.360. The van der Waals surface area contributed by atoms with Crippen molar-refractivity contribution in [1.29, 1.82) is 0 Å². The van der Waals surface area contributed by atoms with Gasteiger partial charge in [-0.1, -0.05) is 36.8 Å². The molecule has 29 heavy (non-hydrogen) atoms. The van der Waals surface area contributed by atoms with E-state index in [9.17, 15) is 9.59 Å². The van der Waals surface area contributed by atoms with E-state index in [1.54, 1.807) is 0 Å². The Morgan fingerprint density at radius 1 is 0.793 bits per heavy atom. The Hall–Kier alpha value is -2.88. The van der Waals surface area contributed by atoms with E-state index in [4.69, 9.17) is 9.47 Å². The lowest BCUT2D eigenvalue weighted by Gasteiger charge is -2.26. The molecule has 2 aliphatic rings. The van der Waals surface area contributed by atoms with Gasteiger partial charge in [0.15, 0.2) is 0 Å². The summed E-state index contributed by atoms with van der Waals surface area (Å²) < 4.78 is 10.4. The fourth-order valence-electron chi connectivity index (χ4n) is 5.02. The van der Waals surface area contributed by atoms with Gasteiger partial charge in [-0.05, 0) is 78.0 Å². The van der Waals surface area contributed by atoms with Crippen LogP contribution in [0.5, 0.6) is 11.5 Å². The van der Waals surface area contributed by atoms with Crippen LogP contribution >= 0.6 is 0 Å². The van der Waals surface area contributed by atoms with Crippen molar-refractivity contribution in [3.05, 3.63) is 65.2 Å². The van der Waals surface area contributed by atoms with Gasteiger partial charge in [-0.3, -0.25) is 9.59 Å². The molecule has 2 aliphatic carbocycles. The minimum Gasteiger partial charge on any atom is -0.427 e. The standard InChI is InChI=1S/C25H26O4/c1-15-20-4-5-21(14-20)24(15)25(18-6-10-22(11-7-18)28-16(2)26)19-8-12-23(13-9-19)29-17(3)27/h6-13,15,20-21H,4-5,14H2,1-3H3/t15-,20+,21-/m0/s1. The van der Waals surface area contributed by atoms with E-state index in [1.165, 1.54) is 44.3 Å². The Kier molecular flexibility index (Phi) is 5.27. The van der Waals surface area contributed by atoms with Gasteiger partial charge >= 0.3 is 11.9 Å². The lowest BCUT2D eigenvalue weighted by atomic mass is 9.79. The molecule has 4 heteroatoms. The van der Waals surface area contributed by atoms with Gasteiger partial charge in [0, 0.05) is 13.8 Å². The second kappa shape index (κ2) is 7.86. The first kappa shape index (κ1) is 19.4. The van der Waals surface area contributed by atoms with Gasteiger partial charge in [-0.2, -0.15) is 0 Å². The average molecular weight is 390 g/mol. The van der Waals surface area contributed by atoms with Gasteiger partial charge < -0.3 is 9.47 Å². The lowest BCUT2D eigenvalue weighted by Crippen LogP contribution is -2.12. The predicted octanol–water partition coefficient (Wildman–Crippen LogP) is 5.41. The molecule has 0 saturated heterocycles. The molecule has 4 rings (SSSR count). The Labute approximate surface area is 171 Å². The van der Waals surface area contributed by atoms with Gasteiger partial charge in [-0.15, -0.1) is 0 Å². The second-order valence-corrected chi connectivity index (χ2v) is 8.13. The summed E-state index contributed by atoms with van der Waals surface area (Å²) in [6, 6.07) is 15.5. The number of allylic oxidation sites excluding steroid dienone is 1. The quantitative estimate of drug-likeness (QED) is 0.518. The van der Waals surface area contributed by atoms with Crippen LogP contribution in [0.3, 0.4) is 0 Å². The van der Waals surface area contributed by atoms with Crippen LogP contribution in [0.2, 0.25) is 0 Å². The zero-order valence-electron chi connectivity index (χ0n) is 17.1. The van der Waals surface area contributed by atoms with Crippen molar-refractivity contribution in [2.24, 2.45) is 17.8 Å². The maximum Gasteiger partial charge on any atom is 0.308 e. The van der Waals surface area contributed by atoms with Crippen molar-refractivity contribution in [2.75, 3.05) is 0 Å². The summed E-state index contributed by atoms with van der Waals surface area (Å²) in [7, 11) is 0. The molecule has 2 saturated carbocycles. The molecular formula is C25H26O4. The Balaban J connectivity index is 1.77. The predicted molar refractivity (Wildman–Crippen MR) is 112 cm³/mol. The van der Waals surface area contributed by atoms with E-state index < -0.39 is 0 Å². The summed E-state index contributed by atoms with van der Waals surface area (Å²) in [5, 5.41) is 0. The summed E-state index contributed by atoms with van der Waals surface area (Å²) in [5.74, 6) is 2.42. The normalized spacial score (nSPS) is 22.4. The van der Waals surface area contributed by atoms with Crippen molar-refractivity contribution in [3.63, 3.8) is 0 Å². The highest BCUT2D eigenvalue weighted by Crippen LogP contribution is 2.55. The minimum atomic E-state index is -0.320. The van der Waals surface area contributed by atoms with Crippen molar-refractivity contribution in [2.45, 2.75) is 40.0 Å². The zero-order valence-corrected chi connectivity index (χ0v) is 17.1. The third-order valence-electron chi connectivity index (χ3n) is 6.21. The highest BCUT2D eigenvalue weighted by molar-refractivity contribution is 5.84. The smallest absolute Gasteiger partial charge is 0.308 e. The van der Waals surface area contributed by atoms with Crippen LogP contribution in [0, 0.1) is 17.8 Å². The van der Waals surface area contributed by atoms with Crippen molar-refractivity contribution in [3.8, 4) is 11.5 Å². The SMILES string of the molecule is CC(=O)Oc1ccc(C(=C2[C@H]3CC[C@H](C3)[C@@H]2C)c2ccc(OC(C)=O)cc2)cc1. The molecule has 3 atom stereocenters. The number of ether oxygens (including phenoxy) is 2. The number of carbonyl (C=O) groups is 2. The molecule has 0 amide bonds. The van der Waals surface area contributed by atoms with Crippen LogP contribution < -0.4 is 9.47 Å². The summed E-state index contributed by atoms with van der Waals surface area (Å²) in [6.07, 6.45) is 3.85. The van der Waals surface area contributed by atoms with Gasteiger partial charge in [0.2, 0.25) is 0 Å². The summed E-state index contributed by atoms with van der Waals surface area (Å²) >= 11 is 0. The van der Waals surface area contributed by atoms with Crippen molar-refractivity contribution >= 4 is 17.5 Å². The van der Waals surface area contributed by atoms with E-state index >= 15 is 0 Å². The molecule has 4 nitrogen and oxygen atoms in total. The monoisotopic (exact) mass is 390 g/mol. The molecule has 0 unspecified atom stereocenters. The largest absolute Gasteiger partial charge is 0.427 e. The molecule has 2 aromatic carbocycles. The van der Waals surface area contributed by atoms with Crippen LogP contribution in [-0.4, -0.2) is 11.9 Å². The van der Waals surface area contributed by atoms with Crippen LogP contribution in [-0.2, 0) is 9.59 Å². The van der Waals surface area contributed by atoms with Gasteiger partial charge in [0.05, 0.1) is 0 Å². The van der Waals surface area contributed by atoms with Crippen LogP contribution in [0.15, 0.2) is 54.1 Å². The number of rotatable bonds is 4. The molecule has 150 valence electrons. The molecular weight excluding hydrogens is 364 g/mol. The topological polar surface area (TPSA) is 52.6 Å². The van der Waals surface area contributed by atoms with Crippen LogP contribution in [0.1, 0.15) is 51.2 Å². The molecule has 0 N–H and O–H groups in total. The molecule has 0 heterocycles. The maximum absolute atomic E-state index is 11.2.